The highest BCUT2D eigenvalue weighted by molar-refractivity contribution is 9.10. The second kappa shape index (κ2) is 10.7. The van der Waals surface area contributed by atoms with Crippen molar-refractivity contribution in [1.29, 1.82) is 0 Å². The van der Waals surface area contributed by atoms with Gasteiger partial charge in [0.25, 0.3) is 0 Å². The summed E-state index contributed by atoms with van der Waals surface area (Å²) in [6.45, 7) is 5.90. The van der Waals surface area contributed by atoms with Gasteiger partial charge >= 0.3 is 0 Å². The molecule has 0 bridgehead atoms. The first-order chi connectivity index (χ1) is 18.2. The van der Waals surface area contributed by atoms with Gasteiger partial charge < -0.3 is 9.80 Å². The third-order valence-electron chi connectivity index (χ3n) is 7.65. The van der Waals surface area contributed by atoms with Crippen molar-refractivity contribution in [3.63, 3.8) is 0 Å². The van der Waals surface area contributed by atoms with Crippen LogP contribution < -0.4 is 4.90 Å². The molecule has 6 nitrogen and oxygen atoms in total. The van der Waals surface area contributed by atoms with Crippen molar-refractivity contribution in [2.24, 2.45) is 5.92 Å². The summed E-state index contributed by atoms with van der Waals surface area (Å²) < 4.78 is 3.32. The molecule has 37 heavy (non-hydrogen) atoms. The Morgan fingerprint density at radius 1 is 0.838 bits per heavy atom. The van der Waals surface area contributed by atoms with E-state index >= 15 is 0 Å². The molecule has 2 saturated heterocycles. The lowest BCUT2D eigenvalue weighted by molar-refractivity contribution is -0.137. The van der Waals surface area contributed by atoms with Gasteiger partial charge in [0, 0.05) is 48.6 Å². The minimum atomic E-state index is 0.0579. The van der Waals surface area contributed by atoms with Crippen molar-refractivity contribution in [2.75, 3.05) is 44.2 Å². The molecule has 1 atom stereocenters. The fraction of sp³-hybridized carbons (Fsp3) is 0.333. The molecule has 0 N–H and O–H groups in total. The van der Waals surface area contributed by atoms with Gasteiger partial charge in [-0.2, -0.15) is 0 Å². The van der Waals surface area contributed by atoms with Crippen molar-refractivity contribution in [3.8, 4) is 5.69 Å². The predicted octanol–water partition coefficient (Wildman–Crippen LogP) is 5.35. The summed E-state index contributed by atoms with van der Waals surface area (Å²) in [4.78, 5) is 25.4. The van der Waals surface area contributed by atoms with Gasteiger partial charge in [0.05, 0.1) is 23.5 Å². The van der Waals surface area contributed by atoms with E-state index < -0.39 is 0 Å². The lowest BCUT2D eigenvalue weighted by Crippen LogP contribution is -2.52. The second-order valence-corrected chi connectivity index (χ2v) is 11.0. The van der Waals surface area contributed by atoms with Crippen LogP contribution >= 0.6 is 15.9 Å². The maximum atomic E-state index is 13.5. The Bertz CT molecular complexity index is 1360. The normalized spacial score (nSPS) is 18.9. The summed E-state index contributed by atoms with van der Waals surface area (Å²) in [5.74, 6) is 1.40. The number of carbonyl (C=O) groups is 1. The Morgan fingerprint density at radius 3 is 2.35 bits per heavy atom. The van der Waals surface area contributed by atoms with Crippen LogP contribution in [0.1, 0.15) is 18.7 Å². The minimum Gasteiger partial charge on any atom is -0.368 e. The fourth-order valence-electron chi connectivity index (χ4n) is 5.74. The van der Waals surface area contributed by atoms with Gasteiger partial charge in [0.1, 0.15) is 5.82 Å². The number of hydrogen-bond acceptors (Lipinski definition) is 4. The summed E-state index contributed by atoms with van der Waals surface area (Å²) in [7, 11) is 0. The third kappa shape index (κ3) is 5.15. The first-order valence-corrected chi connectivity index (χ1v) is 14.0. The highest BCUT2D eigenvalue weighted by atomic mass is 79.9. The molecule has 0 spiro atoms. The van der Waals surface area contributed by atoms with Crippen LogP contribution in [-0.2, 0) is 11.3 Å². The zero-order valence-electron chi connectivity index (χ0n) is 21.0. The molecule has 2 fully saturated rings. The maximum absolute atomic E-state index is 13.5. The van der Waals surface area contributed by atoms with Crippen molar-refractivity contribution in [1.82, 2.24) is 19.4 Å². The van der Waals surface area contributed by atoms with E-state index in [2.05, 4.69) is 102 Å². The van der Waals surface area contributed by atoms with Crippen LogP contribution in [0.3, 0.4) is 0 Å². The first kappa shape index (κ1) is 24.2. The van der Waals surface area contributed by atoms with Crippen LogP contribution in [0.25, 0.3) is 16.7 Å². The van der Waals surface area contributed by atoms with E-state index in [9.17, 15) is 4.79 Å². The maximum Gasteiger partial charge on any atom is 0.227 e. The van der Waals surface area contributed by atoms with E-state index in [0.717, 1.165) is 85.7 Å². The number of benzene rings is 3. The molecule has 4 aromatic rings. The third-order valence-corrected chi connectivity index (χ3v) is 8.18. The van der Waals surface area contributed by atoms with E-state index in [1.165, 1.54) is 5.69 Å². The Morgan fingerprint density at radius 2 is 1.57 bits per heavy atom. The average molecular weight is 559 g/mol. The predicted molar refractivity (Wildman–Crippen MR) is 152 cm³/mol. The van der Waals surface area contributed by atoms with Crippen molar-refractivity contribution < 1.29 is 4.79 Å². The van der Waals surface area contributed by atoms with Gasteiger partial charge in [-0.05, 0) is 67.9 Å². The topological polar surface area (TPSA) is 44.6 Å². The van der Waals surface area contributed by atoms with Gasteiger partial charge in [-0.25, -0.2) is 4.98 Å². The van der Waals surface area contributed by atoms with E-state index in [4.69, 9.17) is 4.98 Å². The number of likely N-dealkylation sites (tertiary alicyclic amines) is 1. The summed E-state index contributed by atoms with van der Waals surface area (Å²) in [6, 6.07) is 27.2. The number of halogens is 1. The smallest absolute Gasteiger partial charge is 0.227 e. The summed E-state index contributed by atoms with van der Waals surface area (Å²) in [6.07, 6.45) is 2.01. The zero-order valence-corrected chi connectivity index (χ0v) is 22.6. The molecular formula is C30H32BrN5O. The van der Waals surface area contributed by atoms with E-state index in [-0.39, 0.29) is 5.92 Å². The SMILES string of the molecule is O=C([C@@H]1CCCN(Cc2nc3ccccc3n2-c2ccc(Br)cc2)C1)N1CCN(c2ccccc2)CC1. The zero-order chi connectivity index (χ0) is 25.2. The number of piperazine rings is 1. The monoisotopic (exact) mass is 557 g/mol. The number of aromatic nitrogens is 2. The number of piperidine rings is 1. The molecule has 3 aromatic carbocycles. The molecule has 2 aliphatic rings. The molecule has 0 aliphatic carbocycles. The highest BCUT2D eigenvalue weighted by Gasteiger charge is 2.31. The molecule has 0 radical (unpaired) electrons. The number of rotatable bonds is 5. The van der Waals surface area contributed by atoms with Gasteiger partial charge in [-0.1, -0.05) is 46.3 Å². The number of anilines is 1. The lowest BCUT2D eigenvalue weighted by Gasteiger charge is -2.39. The number of imidazole rings is 1. The molecule has 1 amide bonds. The standard InChI is InChI=1S/C30H32BrN5O/c31-24-12-14-26(15-13-24)36-28-11-5-4-10-27(28)32-29(36)22-33-16-6-7-23(21-33)30(37)35-19-17-34(18-20-35)25-8-2-1-3-9-25/h1-5,8-15,23H,6-7,16-22H2/t23-/m1/s1. The Hall–Kier alpha value is -3.16. The van der Waals surface area contributed by atoms with Crippen LogP contribution in [0.5, 0.6) is 0 Å². The van der Waals surface area contributed by atoms with Gasteiger partial charge in [-0.3, -0.25) is 14.3 Å². The molecule has 0 saturated carbocycles. The van der Waals surface area contributed by atoms with Crippen LogP contribution in [0.4, 0.5) is 5.69 Å². The Balaban J connectivity index is 1.15. The number of nitrogens with zero attached hydrogens (tertiary/aromatic N) is 5. The largest absolute Gasteiger partial charge is 0.368 e. The van der Waals surface area contributed by atoms with Gasteiger partial charge in [-0.15, -0.1) is 0 Å². The van der Waals surface area contributed by atoms with Crippen molar-refractivity contribution in [3.05, 3.63) is 89.2 Å². The Labute approximate surface area is 226 Å². The highest BCUT2D eigenvalue weighted by Crippen LogP contribution is 2.27. The fourth-order valence-corrected chi connectivity index (χ4v) is 6.01. The summed E-state index contributed by atoms with van der Waals surface area (Å²) in [5.41, 5.74) is 4.46. The molecule has 7 heteroatoms. The number of carbonyl (C=O) groups excluding carboxylic acids is 1. The van der Waals surface area contributed by atoms with Crippen LogP contribution in [0, 0.1) is 5.92 Å². The number of hydrogen-bond donors (Lipinski definition) is 0. The van der Waals surface area contributed by atoms with E-state index in [0.29, 0.717) is 5.91 Å². The van der Waals surface area contributed by atoms with Crippen molar-refractivity contribution in [2.45, 2.75) is 19.4 Å². The molecule has 0 unspecified atom stereocenters. The summed E-state index contributed by atoms with van der Waals surface area (Å²) >= 11 is 3.55. The number of amides is 1. The quantitative estimate of drug-likeness (QED) is 0.332. The minimum absolute atomic E-state index is 0.0579. The molecular weight excluding hydrogens is 526 g/mol. The molecule has 6 rings (SSSR count). The van der Waals surface area contributed by atoms with Gasteiger partial charge in [0.2, 0.25) is 5.91 Å². The molecule has 3 heterocycles. The van der Waals surface area contributed by atoms with Crippen LogP contribution in [-0.4, -0.2) is 64.5 Å². The van der Waals surface area contributed by atoms with E-state index in [1.54, 1.807) is 0 Å². The summed E-state index contributed by atoms with van der Waals surface area (Å²) in [5, 5.41) is 0. The lowest BCUT2D eigenvalue weighted by atomic mass is 9.96. The van der Waals surface area contributed by atoms with Crippen LogP contribution in [0.15, 0.2) is 83.3 Å². The number of fused-ring (bicyclic) bond motifs is 1. The number of para-hydroxylation sites is 3. The van der Waals surface area contributed by atoms with Gasteiger partial charge in [0.15, 0.2) is 0 Å². The molecule has 190 valence electrons. The Kier molecular flexibility index (Phi) is 6.98. The molecule has 1 aromatic heterocycles. The van der Waals surface area contributed by atoms with E-state index in [1.807, 2.05) is 12.1 Å². The molecule has 2 aliphatic heterocycles. The van der Waals surface area contributed by atoms with Crippen LogP contribution in [0.2, 0.25) is 0 Å². The van der Waals surface area contributed by atoms with Crippen molar-refractivity contribution >= 4 is 38.6 Å². The first-order valence-electron chi connectivity index (χ1n) is 13.2. The average Bonchev–Trinajstić information content (AvgIpc) is 3.31. The second-order valence-electron chi connectivity index (χ2n) is 10.1.